The van der Waals surface area contributed by atoms with Crippen LogP contribution in [0.2, 0.25) is 18.1 Å². The molecule has 0 radical (unpaired) electrons. The first-order valence-corrected chi connectivity index (χ1v) is 18.9. The highest BCUT2D eigenvalue weighted by Gasteiger charge is 2.70. The summed E-state index contributed by atoms with van der Waals surface area (Å²) in [5, 5.41) is 19.7. The number of carbonyl (C=O) groups excluding carboxylic acids is 1. The summed E-state index contributed by atoms with van der Waals surface area (Å²) < 4.78 is 1.07. The Kier molecular flexibility index (Phi) is 7.80. The number of hydrogen-bond acceptors (Lipinski definition) is 5. The average Bonchev–Trinajstić information content (AvgIpc) is 3.39. The number of rotatable bonds is 8. The number of β-lactam (4-membered cyclic amide) rings is 1. The van der Waals surface area contributed by atoms with E-state index in [0.717, 1.165) is 22.2 Å². The number of aliphatic hydroxyl groups excluding tert-OH is 1. The molecule has 0 saturated carbocycles. The molecule has 1 aliphatic rings. The first-order valence-electron chi connectivity index (χ1n) is 15.2. The minimum Gasteiger partial charge on any atom is -0.387 e. The third kappa shape index (κ3) is 4.62. The van der Waals surface area contributed by atoms with E-state index in [1.165, 1.54) is 0 Å². The molecule has 1 N–H and O–H groups in total. The summed E-state index contributed by atoms with van der Waals surface area (Å²) in [6, 6.07) is 37.5. The number of amides is 1. The van der Waals surface area contributed by atoms with E-state index in [2.05, 4.69) is 117 Å². The van der Waals surface area contributed by atoms with Crippen molar-refractivity contribution in [2.24, 2.45) is 7.05 Å². The van der Waals surface area contributed by atoms with E-state index < -0.39 is 30.2 Å². The van der Waals surface area contributed by atoms with E-state index >= 15 is 0 Å². The summed E-state index contributed by atoms with van der Waals surface area (Å²) in [7, 11) is -0.0441. The summed E-state index contributed by atoms with van der Waals surface area (Å²) in [5.74, 6) is 0.0268. The fourth-order valence-corrected chi connectivity index (χ4v) is 12.2. The van der Waals surface area contributed by atoms with Gasteiger partial charge in [-0.25, -0.2) is 4.68 Å². The second-order valence-electron chi connectivity index (χ2n) is 13.0. The second kappa shape index (κ2) is 11.3. The topological polar surface area (TPSA) is 71.2 Å². The van der Waals surface area contributed by atoms with Gasteiger partial charge in [0.05, 0.1) is 35.6 Å². The van der Waals surface area contributed by atoms with Crippen LogP contribution in [0.25, 0.3) is 11.0 Å². The van der Waals surface area contributed by atoms with Gasteiger partial charge < -0.3 is 10.0 Å². The van der Waals surface area contributed by atoms with Gasteiger partial charge in [0.1, 0.15) is 5.52 Å². The zero-order valence-corrected chi connectivity index (χ0v) is 28.1. The molecular formula is C36H40N4O2SSi. The molecule has 0 spiro atoms. The fourth-order valence-electron chi connectivity index (χ4n) is 6.87. The summed E-state index contributed by atoms with van der Waals surface area (Å²) in [6.07, 6.45) is -0.996. The highest BCUT2D eigenvalue weighted by Crippen LogP contribution is 2.67. The second-order valence-corrected chi connectivity index (χ2v) is 17.6. The fraction of sp³-hybridized carbons (Fsp3) is 0.306. The van der Waals surface area contributed by atoms with Gasteiger partial charge in [0.25, 0.3) is 0 Å². The van der Waals surface area contributed by atoms with Crippen LogP contribution in [-0.2, 0) is 16.6 Å². The normalized spacial score (nSPS) is 19.8. The Morgan fingerprint density at radius 1 is 0.841 bits per heavy atom. The number of aryl methyl sites for hydroxylation is 1. The highest BCUT2D eigenvalue weighted by molar-refractivity contribution is 8.01. The van der Waals surface area contributed by atoms with E-state index in [4.69, 9.17) is 0 Å². The highest BCUT2D eigenvalue weighted by atomic mass is 32.2. The molecule has 0 aliphatic carbocycles. The van der Waals surface area contributed by atoms with Crippen LogP contribution in [0.15, 0.2) is 109 Å². The molecule has 44 heavy (non-hydrogen) atoms. The van der Waals surface area contributed by atoms with Gasteiger partial charge in [-0.15, -0.1) is 16.9 Å². The molecular weight excluding hydrogens is 581 g/mol. The zero-order valence-electron chi connectivity index (χ0n) is 26.2. The Hall–Kier alpha value is -3.72. The van der Waals surface area contributed by atoms with Gasteiger partial charge in [0.15, 0.2) is 0 Å². The number of hydrogen-bond donors (Lipinski definition) is 1. The number of aliphatic hydroxyl groups is 1. The lowest BCUT2D eigenvalue weighted by Gasteiger charge is -2.65. The number of thioether (sulfide) groups is 1. The van der Waals surface area contributed by atoms with Gasteiger partial charge in [-0.05, 0) is 55.2 Å². The first kappa shape index (κ1) is 30.3. The van der Waals surface area contributed by atoms with Crippen molar-refractivity contribution in [2.45, 2.75) is 60.7 Å². The monoisotopic (exact) mass is 620 g/mol. The van der Waals surface area contributed by atoms with Crippen molar-refractivity contribution in [1.29, 1.82) is 0 Å². The average molecular weight is 621 g/mol. The maximum Gasteiger partial charge on any atom is 0.232 e. The summed E-state index contributed by atoms with van der Waals surface area (Å²) in [4.78, 5) is 16.7. The van der Waals surface area contributed by atoms with E-state index in [1.54, 1.807) is 16.4 Å². The predicted molar refractivity (Wildman–Crippen MR) is 182 cm³/mol. The third-order valence-corrected chi connectivity index (χ3v) is 14.1. The molecule has 2 heterocycles. The maximum absolute atomic E-state index is 14.7. The molecule has 1 saturated heterocycles. The quantitative estimate of drug-likeness (QED) is 0.116. The number of benzene rings is 4. The molecule has 6 nitrogen and oxygen atoms in total. The SMILES string of the molecule is Cn1nnc2cc(C(O)C3([SiH](C)C)C(=O)N(C(C)(C)C)C3SC(c3ccccc3)(c3ccccc3)c3ccccc3)ccc21. The largest absolute Gasteiger partial charge is 0.387 e. The standard InChI is InChI=1S/C36H40N4O2SSi/c1-34(2,3)40-32(42)36(44(5)6,31(41)25-22-23-30-29(24-25)37-38-39(30)4)33(40)43-35(26-16-10-7-11-17-26,27-18-12-8-13-19-27)28-20-14-9-15-21-28/h7-24,31,33,41,44H,1-6H3. The third-order valence-electron chi connectivity index (χ3n) is 9.14. The summed E-state index contributed by atoms with van der Waals surface area (Å²) in [6.45, 7) is 10.7. The van der Waals surface area contributed by atoms with Gasteiger partial charge in [0, 0.05) is 12.6 Å². The number of likely N-dealkylation sites (tertiary alicyclic amines) is 1. The molecule has 1 aliphatic heterocycles. The van der Waals surface area contributed by atoms with Crippen LogP contribution in [0.4, 0.5) is 0 Å². The van der Waals surface area contributed by atoms with E-state index in [9.17, 15) is 9.90 Å². The van der Waals surface area contributed by atoms with Crippen molar-refractivity contribution in [3.63, 3.8) is 0 Å². The van der Waals surface area contributed by atoms with Crippen molar-refractivity contribution in [3.8, 4) is 0 Å². The predicted octanol–water partition coefficient (Wildman–Crippen LogP) is 6.92. The first-order chi connectivity index (χ1) is 21.0. The van der Waals surface area contributed by atoms with Gasteiger partial charge in [-0.2, -0.15) is 0 Å². The lowest BCUT2D eigenvalue weighted by molar-refractivity contribution is -0.164. The lowest BCUT2D eigenvalue weighted by Crippen LogP contribution is -2.74. The van der Waals surface area contributed by atoms with Gasteiger partial charge in [-0.3, -0.25) is 4.79 Å². The smallest absolute Gasteiger partial charge is 0.232 e. The van der Waals surface area contributed by atoms with Crippen LogP contribution in [0.1, 0.15) is 49.1 Å². The minimum atomic E-state index is -1.90. The molecule has 8 heteroatoms. The van der Waals surface area contributed by atoms with Gasteiger partial charge in [-0.1, -0.05) is 115 Å². The van der Waals surface area contributed by atoms with Crippen molar-refractivity contribution in [2.75, 3.05) is 0 Å². The van der Waals surface area contributed by atoms with Crippen LogP contribution in [0.3, 0.4) is 0 Å². The molecule has 1 fully saturated rings. The van der Waals surface area contributed by atoms with Crippen molar-refractivity contribution in [1.82, 2.24) is 19.9 Å². The zero-order chi connectivity index (χ0) is 31.3. The molecule has 1 aromatic heterocycles. The molecule has 3 atom stereocenters. The Bertz CT molecular complexity index is 1680. The van der Waals surface area contributed by atoms with Gasteiger partial charge >= 0.3 is 0 Å². The van der Waals surface area contributed by atoms with Crippen LogP contribution in [-0.4, -0.2) is 50.6 Å². The van der Waals surface area contributed by atoms with Crippen LogP contribution in [0, 0.1) is 0 Å². The Labute approximate surface area is 265 Å². The lowest BCUT2D eigenvalue weighted by atomic mass is 9.82. The number of carbonyl (C=O) groups is 1. The number of fused-ring (bicyclic) bond motifs is 1. The molecule has 5 aromatic rings. The van der Waals surface area contributed by atoms with Crippen molar-refractivity contribution < 1.29 is 9.90 Å². The van der Waals surface area contributed by atoms with E-state index in [-0.39, 0.29) is 11.3 Å². The molecule has 3 unspecified atom stereocenters. The molecule has 4 aromatic carbocycles. The van der Waals surface area contributed by atoms with Gasteiger partial charge in [0.2, 0.25) is 5.91 Å². The Morgan fingerprint density at radius 2 is 1.34 bits per heavy atom. The molecule has 0 bridgehead atoms. The summed E-state index contributed by atoms with van der Waals surface area (Å²) >= 11 is 1.79. The Morgan fingerprint density at radius 3 is 1.80 bits per heavy atom. The van der Waals surface area contributed by atoms with Crippen LogP contribution < -0.4 is 0 Å². The Balaban J connectivity index is 1.60. The van der Waals surface area contributed by atoms with E-state index in [1.807, 2.05) is 48.3 Å². The number of nitrogens with zero attached hydrogens (tertiary/aromatic N) is 4. The summed E-state index contributed by atoms with van der Waals surface area (Å²) in [5.41, 5.74) is 5.24. The van der Waals surface area contributed by atoms with Crippen LogP contribution in [0.5, 0.6) is 0 Å². The van der Waals surface area contributed by atoms with Crippen molar-refractivity contribution >= 4 is 37.5 Å². The van der Waals surface area contributed by atoms with Crippen molar-refractivity contribution in [3.05, 3.63) is 131 Å². The van der Waals surface area contributed by atoms with E-state index in [0.29, 0.717) is 11.1 Å². The molecule has 226 valence electrons. The van der Waals surface area contributed by atoms with Crippen LogP contribution >= 0.6 is 11.8 Å². The maximum atomic E-state index is 14.7. The number of aromatic nitrogens is 3. The minimum absolute atomic E-state index is 0.0268. The molecule has 6 rings (SSSR count). The molecule has 1 amide bonds.